The van der Waals surface area contributed by atoms with Gasteiger partial charge in [0.2, 0.25) is 5.95 Å². The summed E-state index contributed by atoms with van der Waals surface area (Å²) in [6.07, 6.45) is -2.41. The van der Waals surface area contributed by atoms with Gasteiger partial charge in [0.05, 0.1) is 11.1 Å². The van der Waals surface area contributed by atoms with Gasteiger partial charge in [0.1, 0.15) is 5.82 Å². The van der Waals surface area contributed by atoms with Crippen molar-refractivity contribution in [3.05, 3.63) is 48.0 Å². The van der Waals surface area contributed by atoms with Gasteiger partial charge in [0.15, 0.2) is 0 Å². The Morgan fingerprint density at radius 1 is 1.12 bits per heavy atom. The Labute approximate surface area is 203 Å². The van der Waals surface area contributed by atoms with Crippen molar-refractivity contribution in [2.75, 3.05) is 35.6 Å². The molecule has 4 N–H and O–H groups in total. The largest absolute Gasteiger partial charge is 0.416 e. The highest BCUT2D eigenvalue weighted by Crippen LogP contribution is 2.34. The van der Waals surface area contributed by atoms with E-state index in [1.807, 2.05) is 24.3 Å². The van der Waals surface area contributed by atoms with E-state index in [2.05, 4.69) is 32.4 Å². The molecule has 0 unspecified atom stereocenters. The molecule has 0 radical (unpaired) electrons. The first-order valence-electron chi connectivity index (χ1n) is 10.3. The Morgan fingerprint density at radius 2 is 1.88 bits per heavy atom. The number of nitrogens with one attached hydrogen (secondary N) is 2. The Balaban J connectivity index is 0.00000193. The second-order valence-electron chi connectivity index (χ2n) is 7.74. The highest BCUT2D eigenvalue weighted by Gasteiger charge is 2.31. The number of hydrogen-bond donors (Lipinski definition) is 3. The second kappa shape index (κ2) is 11.1. The van der Waals surface area contributed by atoms with Crippen LogP contribution in [0.25, 0.3) is 10.9 Å². The number of fused-ring (bicyclic) bond motifs is 1. The van der Waals surface area contributed by atoms with E-state index < -0.39 is 11.7 Å². The molecule has 1 aromatic heterocycles. The van der Waals surface area contributed by atoms with Gasteiger partial charge in [-0.1, -0.05) is 19.1 Å². The minimum Gasteiger partial charge on any atom is -0.399 e. The van der Waals surface area contributed by atoms with Gasteiger partial charge in [-0.15, -0.1) is 24.8 Å². The molecule has 0 amide bonds. The lowest BCUT2D eigenvalue weighted by Crippen LogP contribution is -2.33. The molecule has 4 rings (SSSR count). The first kappa shape index (κ1) is 26.8. The number of rotatable bonds is 6. The first-order chi connectivity index (χ1) is 14.8. The third-order valence-electron chi connectivity index (χ3n) is 5.29. The lowest BCUT2D eigenvalue weighted by atomic mass is 10.1. The predicted octanol–water partition coefficient (Wildman–Crippen LogP) is 5.40. The molecular formula is C22H27Cl2F3N6. The Morgan fingerprint density at radius 3 is 2.61 bits per heavy atom. The molecule has 11 heteroatoms. The number of anilines is 4. The third-order valence-corrected chi connectivity index (χ3v) is 5.29. The van der Waals surface area contributed by atoms with Gasteiger partial charge >= 0.3 is 6.18 Å². The van der Waals surface area contributed by atoms with E-state index >= 15 is 0 Å². The number of hydrogen-bond acceptors (Lipinski definition) is 6. The Kier molecular flexibility index (Phi) is 8.99. The molecular weight excluding hydrogens is 476 g/mol. The zero-order valence-electron chi connectivity index (χ0n) is 18.0. The first-order valence-corrected chi connectivity index (χ1v) is 10.3. The number of halogens is 5. The number of alkyl halides is 3. The van der Waals surface area contributed by atoms with Crippen molar-refractivity contribution in [3.63, 3.8) is 0 Å². The number of para-hydroxylation sites is 1. The topological polar surface area (TPSA) is 79.1 Å². The van der Waals surface area contributed by atoms with Crippen LogP contribution in [-0.2, 0) is 6.18 Å². The van der Waals surface area contributed by atoms with Crippen LogP contribution in [0.1, 0.15) is 25.3 Å². The fourth-order valence-corrected chi connectivity index (χ4v) is 3.84. The number of aromatic nitrogens is 2. The fourth-order valence-electron chi connectivity index (χ4n) is 3.84. The van der Waals surface area contributed by atoms with Crippen LogP contribution < -0.4 is 21.3 Å². The molecule has 6 nitrogen and oxygen atoms in total. The molecule has 1 atom stereocenters. The number of benzene rings is 2. The quantitative estimate of drug-likeness (QED) is 0.392. The normalized spacial score (nSPS) is 15.8. The molecule has 1 aliphatic heterocycles. The summed E-state index contributed by atoms with van der Waals surface area (Å²) in [6.45, 7) is 4.76. The molecule has 180 valence electrons. The molecule has 1 saturated heterocycles. The van der Waals surface area contributed by atoms with E-state index in [1.54, 1.807) is 0 Å². The van der Waals surface area contributed by atoms with E-state index in [0.29, 0.717) is 6.04 Å². The van der Waals surface area contributed by atoms with Crippen molar-refractivity contribution in [2.45, 2.75) is 32.0 Å². The van der Waals surface area contributed by atoms with Crippen molar-refractivity contribution in [2.24, 2.45) is 0 Å². The van der Waals surface area contributed by atoms with Crippen LogP contribution in [-0.4, -0.2) is 35.6 Å². The van der Waals surface area contributed by atoms with Crippen molar-refractivity contribution in [1.29, 1.82) is 0 Å². The number of nitrogens with zero attached hydrogens (tertiary/aromatic N) is 3. The summed E-state index contributed by atoms with van der Waals surface area (Å²) in [5.41, 5.74) is 5.80. The summed E-state index contributed by atoms with van der Waals surface area (Å²) in [6, 6.07) is 11.4. The van der Waals surface area contributed by atoms with E-state index in [-0.39, 0.29) is 42.1 Å². The van der Waals surface area contributed by atoms with Gasteiger partial charge in [0, 0.05) is 35.9 Å². The smallest absolute Gasteiger partial charge is 0.399 e. The molecule has 2 aromatic carbocycles. The molecule has 1 aliphatic rings. The standard InChI is InChI=1S/C22H25F3N6.2ClH/c1-2-8-27-16-7-9-31(13-16)20-18-5-3-4-6-19(18)29-21(30-20)28-17-11-14(22(23,24)25)10-15(26)12-17;;/h3-6,10-12,16,27H,2,7-9,13,26H2,1H3,(H,28,29,30);2*1H/t16-;;/m0../s1. The summed E-state index contributed by atoms with van der Waals surface area (Å²) in [5.74, 6) is 1.01. The maximum absolute atomic E-state index is 13.2. The molecule has 3 aromatic rings. The summed E-state index contributed by atoms with van der Waals surface area (Å²) < 4.78 is 39.5. The Hall–Kier alpha value is -2.49. The lowest BCUT2D eigenvalue weighted by Gasteiger charge is -2.21. The van der Waals surface area contributed by atoms with Gasteiger partial charge in [-0.2, -0.15) is 18.2 Å². The van der Waals surface area contributed by atoms with Crippen molar-refractivity contribution in [3.8, 4) is 0 Å². The van der Waals surface area contributed by atoms with E-state index in [9.17, 15) is 13.2 Å². The number of nitrogens with two attached hydrogens (primary N) is 1. The monoisotopic (exact) mass is 502 g/mol. The molecule has 0 spiro atoms. The van der Waals surface area contributed by atoms with Crippen LogP contribution in [0.5, 0.6) is 0 Å². The maximum Gasteiger partial charge on any atom is 0.416 e. The van der Waals surface area contributed by atoms with Gasteiger partial charge in [-0.3, -0.25) is 0 Å². The van der Waals surface area contributed by atoms with Crippen LogP contribution in [0.15, 0.2) is 42.5 Å². The van der Waals surface area contributed by atoms with E-state index in [4.69, 9.17) is 5.73 Å². The molecule has 2 heterocycles. The minimum atomic E-state index is -4.49. The molecule has 1 fully saturated rings. The maximum atomic E-state index is 13.2. The molecule has 0 bridgehead atoms. The van der Waals surface area contributed by atoms with Crippen LogP contribution in [0, 0.1) is 0 Å². The highest BCUT2D eigenvalue weighted by atomic mass is 35.5. The SMILES string of the molecule is CCCN[C@H]1CCN(c2nc(Nc3cc(N)cc(C(F)(F)F)c3)nc3ccccc23)C1.Cl.Cl. The third kappa shape index (κ3) is 6.31. The van der Waals surface area contributed by atoms with Crippen LogP contribution >= 0.6 is 24.8 Å². The zero-order chi connectivity index (χ0) is 22.0. The van der Waals surface area contributed by atoms with Crippen molar-refractivity contribution < 1.29 is 13.2 Å². The van der Waals surface area contributed by atoms with Gasteiger partial charge < -0.3 is 21.3 Å². The van der Waals surface area contributed by atoms with Crippen molar-refractivity contribution in [1.82, 2.24) is 15.3 Å². The summed E-state index contributed by atoms with van der Waals surface area (Å²) in [4.78, 5) is 11.4. The average molecular weight is 503 g/mol. The molecule has 0 aliphatic carbocycles. The summed E-state index contributed by atoms with van der Waals surface area (Å²) >= 11 is 0. The van der Waals surface area contributed by atoms with Gasteiger partial charge in [-0.25, -0.2) is 4.98 Å². The van der Waals surface area contributed by atoms with Gasteiger partial charge in [-0.05, 0) is 49.7 Å². The minimum absolute atomic E-state index is 0. The van der Waals surface area contributed by atoms with Crippen LogP contribution in [0.4, 0.5) is 36.3 Å². The second-order valence-corrected chi connectivity index (χ2v) is 7.74. The number of nitrogen functional groups attached to an aromatic ring is 1. The lowest BCUT2D eigenvalue weighted by molar-refractivity contribution is -0.137. The van der Waals surface area contributed by atoms with E-state index in [0.717, 1.165) is 61.3 Å². The molecule has 0 saturated carbocycles. The van der Waals surface area contributed by atoms with Gasteiger partial charge in [0.25, 0.3) is 0 Å². The highest BCUT2D eigenvalue weighted by molar-refractivity contribution is 5.91. The predicted molar refractivity (Wildman–Crippen MR) is 132 cm³/mol. The average Bonchev–Trinajstić information content (AvgIpc) is 3.19. The van der Waals surface area contributed by atoms with Crippen LogP contribution in [0.2, 0.25) is 0 Å². The van der Waals surface area contributed by atoms with E-state index in [1.165, 1.54) is 6.07 Å². The molecule has 33 heavy (non-hydrogen) atoms. The summed E-state index contributed by atoms with van der Waals surface area (Å²) in [7, 11) is 0. The fraction of sp³-hybridized carbons (Fsp3) is 0.364. The van der Waals surface area contributed by atoms with Crippen LogP contribution in [0.3, 0.4) is 0 Å². The summed E-state index contributed by atoms with van der Waals surface area (Å²) in [5, 5.41) is 7.36. The zero-order valence-corrected chi connectivity index (χ0v) is 19.7. The Bertz CT molecular complexity index is 1080. The van der Waals surface area contributed by atoms with Crippen molar-refractivity contribution >= 4 is 58.9 Å².